The molecular formula is C30H44N4O6. The summed E-state index contributed by atoms with van der Waals surface area (Å²) in [6.45, 7) is 8.42. The number of methoxy groups -OCH3 is 2. The highest BCUT2D eigenvalue weighted by Crippen LogP contribution is 2.32. The SMILES string of the molecule is COCCCOc1cc(C(=O)N(C[C@@H]2CNC[C@H]2CN(C(=O)NCc2ccco2)C2CC2)C(C)C)ccc1OC. The number of furan rings is 1. The van der Waals surface area contributed by atoms with Crippen LogP contribution in [0.3, 0.4) is 0 Å². The number of benzene rings is 1. The molecule has 2 heterocycles. The van der Waals surface area contributed by atoms with Crippen LogP contribution in [-0.4, -0.2) is 87.4 Å². The van der Waals surface area contributed by atoms with Crippen molar-refractivity contribution in [3.63, 3.8) is 0 Å². The van der Waals surface area contributed by atoms with Crippen molar-refractivity contribution in [3.05, 3.63) is 47.9 Å². The zero-order valence-electron chi connectivity index (χ0n) is 24.2. The van der Waals surface area contributed by atoms with Gasteiger partial charge >= 0.3 is 6.03 Å². The Morgan fingerprint density at radius 3 is 2.50 bits per heavy atom. The molecule has 3 amide bonds. The fourth-order valence-electron chi connectivity index (χ4n) is 5.18. The molecule has 0 bridgehead atoms. The lowest BCUT2D eigenvalue weighted by Crippen LogP contribution is -2.47. The Morgan fingerprint density at radius 2 is 1.85 bits per heavy atom. The van der Waals surface area contributed by atoms with E-state index >= 15 is 0 Å². The van der Waals surface area contributed by atoms with E-state index in [0.29, 0.717) is 49.9 Å². The minimum absolute atomic E-state index is 0.0121. The molecule has 2 fully saturated rings. The van der Waals surface area contributed by atoms with Crippen molar-refractivity contribution in [2.75, 3.05) is 53.6 Å². The van der Waals surface area contributed by atoms with E-state index in [4.69, 9.17) is 18.6 Å². The molecule has 0 unspecified atom stereocenters. The molecular weight excluding hydrogens is 512 g/mol. The number of nitrogens with zero attached hydrogens (tertiary/aromatic N) is 2. The number of amides is 3. The molecule has 220 valence electrons. The quantitative estimate of drug-likeness (QED) is 0.322. The average molecular weight is 557 g/mol. The summed E-state index contributed by atoms with van der Waals surface area (Å²) >= 11 is 0. The van der Waals surface area contributed by atoms with Crippen LogP contribution in [0, 0.1) is 11.8 Å². The molecule has 1 aromatic carbocycles. The normalized spacial score (nSPS) is 18.5. The topological polar surface area (TPSA) is 106 Å². The van der Waals surface area contributed by atoms with Gasteiger partial charge in [0.2, 0.25) is 0 Å². The number of rotatable bonds is 15. The van der Waals surface area contributed by atoms with Crippen LogP contribution in [0.15, 0.2) is 41.0 Å². The predicted octanol–water partition coefficient (Wildman–Crippen LogP) is 3.76. The fourth-order valence-corrected chi connectivity index (χ4v) is 5.18. The van der Waals surface area contributed by atoms with Gasteiger partial charge < -0.3 is 39.1 Å². The number of hydrogen-bond acceptors (Lipinski definition) is 7. The third-order valence-electron chi connectivity index (χ3n) is 7.63. The third-order valence-corrected chi connectivity index (χ3v) is 7.63. The van der Waals surface area contributed by atoms with Crippen molar-refractivity contribution in [3.8, 4) is 11.5 Å². The van der Waals surface area contributed by atoms with Gasteiger partial charge in [0, 0.05) is 64.0 Å². The maximum atomic E-state index is 13.8. The first-order valence-corrected chi connectivity index (χ1v) is 14.3. The lowest BCUT2D eigenvalue weighted by atomic mass is 9.94. The van der Waals surface area contributed by atoms with E-state index < -0.39 is 0 Å². The molecule has 1 aliphatic carbocycles. The van der Waals surface area contributed by atoms with Gasteiger partial charge in [0.15, 0.2) is 11.5 Å². The summed E-state index contributed by atoms with van der Waals surface area (Å²) in [6, 6.07) is 9.26. The number of carbonyl (C=O) groups excluding carboxylic acids is 2. The second-order valence-electron chi connectivity index (χ2n) is 10.9. The van der Waals surface area contributed by atoms with Crippen LogP contribution in [-0.2, 0) is 11.3 Å². The summed E-state index contributed by atoms with van der Waals surface area (Å²) in [6.07, 6.45) is 4.41. The van der Waals surface area contributed by atoms with Gasteiger partial charge in [0.1, 0.15) is 5.76 Å². The summed E-state index contributed by atoms with van der Waals surface area (Å²) in [4.78, 5) is 30.8. The van der Waals surface area contributed by atoms with E-state index in [1.165, 1.54) is 0 Å². The van der Waals surface area contributed by atoms with E-state index in [-0.39, 0.29) is 35.9 Å². The van der Waals surface area contributed by atoms with Crippen LogP contribution < -0.4 is 20.1 Å². The Kier molecular flexibility index (Phi) is 10.7. The number of carbonyl (C=O) groups is 2. The Balaban J connectivity index is 1.40. The first kappa shape index (κ1) is 29.7. The van der Waals surface area contributed by atoms with Crippen molar-refractivity contribution < 1.29 is 28.2 Å². The fraction of sp³-hybridized carbons (Fsp3) is 0.600. The molecule has 40 heavy (non-hydrogen) atoms. The monoisotopic (exact) mass is 556 g/mol. The summed E-state index contributed by atoms with van der Waals surface area (Å²) in [7, 11) is 3.25. The molecule has 1 saturated heterocycles. The van der Waals surface area contributed by atoms with Crippen molar-refractivity contribution in [2.45, 2.75) is 51.7 Å². The van der Waals surface area contributed by atoms with Gasteiger partial charge in [-0.05, 0) is 68.9 Å². The first-order valence-electron chi connectivity index (χ1n) is 14.3. The van der Waals surface area contributed by atoms with Gasteiger partial charge in [0.05, 0.1) is 26.5 Å². The largest absolute Gasteiger partial charge is 0.493 e. The molecule has 2 aliphatic rings. The maximum absolute atomic E-state index is 13.8. The van der Waals surface area contributed by atoms with E-state index in [0.717, 1.165) is 38.1 Å². The molecule has 4 rings (SSSR count). The molecule has 2 aromatic rings. The standard InChI is InChI=1S/C30H44N4O6/c1-21(2)33(29(35)22-8-11-27(38-4)28(15-22)40-14-6-12-37-3)19-23-16-31-17-24(23)20-34(25-9-10-25)30(36)32-18-26-7-5-13-39-26/h5,7-8,11,13,15,21,23-25,31H,6,9-10,12,14,16-20H2,1-4H3,(H,32,36)/t23-,24-/m0/s1. The number of urea groups is 1. The third kappa shape index (κ3) is 7.91. The Bertz CT molecular complexity index is 1090. The maximum Gasteiger partial charge on any atom is 0.318 e. The second kappa shape index (κ2) is 14.4. The predicted molar refractivity (Wildman–Crippen MR) is 152 cm³/mol. The van der Waals surface area contributed by atoms with Crippen molar-refractivity contribution in [1.29, 1.82) is 0 Å². The van der Waals surface area contributed by atoms with E-state index in [1.807, 2.05) is 35.8 Å². The van der Waals surface area contributed by atoms with Crippen LogP contribution in [0.4, 0.5) is 4.79 Å². The average Bonchev–Trinajstić information content (AvgIpc) is 3.47. The summed E-state index contributed by atoms with van der Waals surface area (Å²) in [5, 5.41) is 6.51. The van der Waals surface area contributed by atoms with Crippen molar-refractivity contribution in [2.24, 2.45) is 11.8 Å². The van der Waals surface area contributed by atoms with Gasteiger partial charge in [-0.3, -0.25) is 4.79 Å². The van der Waals surface area contributed by atoms with E-state index in [2.05, 4.69) is 10.6 Å². The van der Waals surface area contributed by atoms with Crippen LogP contribution >= 0.6 is 0 Å². The molecule has 1 saturated carbocycles. The lowest BCUT2D eigenvalue weighted by Gasteiger charge is -2.33. The minimum Gasteiger partial charge on any atom is -0.493 e. The highest BCUT2D eigenvalue weighted by Gasteiger charge is 2.38. The molecule has 2 atom stereocenters. The van der Waals surface area contributed by atoms with Gasteiger partial charge in [-0.1, -0.05) is 0 Å². The van der Waals surface area contributed by atoms with E-state index in [9.17, 15) is 9.59 Å². The second-order valence-corrected chi connectivity index (χ2v) is 10.9. The van der Waals surface area contributed by atoms with Crippen molar-refractivity contribution >= 4 is 11.9 Å². The summed E-state index contributed by atoms with van der Waals surface area (Å²) < 4.78 is 21.8. The van der Waals surface area contributed by atoms with Crippen LogP contribution in [0.2, 0.25) is 0 Å². The lowest BCUT2D eigenvalue weighted by molar-refractivity contribution is 0.0652. The van der Waals surface area contributed by atoms with Crippen molar-refractivity contribution in [1.82, 2.24) is 20.4 Å². The Hall–Kier alpha value is -3.24. The first-order chi connectivity index (χ1) is 19.4. The number of nitrogens with one attached hydrogen (secondary N) is 2. The molecule has 1 aliphatic heterocycles. The molecule has 0 spiro atoms. The Morgan fingerprint density at radius 1 is 1.07 bits per heavy atom. The molecule has 10 nitrogen and oxygen atoms in total. The minimum atomic E-state index is -0.0578. The Labute approximate surface area is 237 Å². The highest BCUT2D eigenvalue weighted by molar-refractivity contribution is 5.95. The molecule has 2 N–H and O–H groups in total. The molecule has 10 heteroatoms. The van der Waals surface area contributed by atoms with Gasteiger partial charge in [-0.25, -0.2) is 4.79 Å². The molecule has 1 aromatic heterocycles. The van der Waals surface area contributed by atoms with Crippen LogP contribution in [0.25, 0.3) is 0 Å². The molecule has 0 radical (unpaired) electrons. The zero-order valence-corrected chi connectivity index (χ0v) is 24.2. The van der Waals surface area contributed by atoms with Crippen LogP contribution in [0.1, 0.15) is 49.2 Å². The highest BCUT2D eigenvalue weighted by atomic mass is 16.5. The van der Waals surface area contributed by atoms with Gasteiger partial charge in [-0.15, -0.1) is 0 Å². The number of ether oxygens (including phenoxy) is 3. The summed E-state index contributed by atoms with van der Waals surface area (Å²) in [5.74, 6) is 2.32. The van der Waals surface area contributed by atoms with E-state index in [1.54, 1.807) is 38.7 Å². The summed E-state index contributed by atoms with van der Waals surface area (Å²) in [5.41, 5.74) is 0.565. The van der Waals surface area contributed by atoms with Gasteiger partial charge in [-0.2, -0.15) is 0 Å². The number of hydrogen-bond donors (Lipinski definition) is 2. The van der Waals surface area contributed by atoms with Crippen LogP contribution in [0.5, 0.6) is 11.5 Å². The smallest absolute Gasteiger partial charge is 0.318 e. The van der Waals surface area contributed by atoms with Gasteiger partial charge in [0.25, 0.3) is 5.91 Å². The zero-order chi connectivity index (χ0) is 28.5.